The number of hydrogen-bond donors (Lipinski definition) is 0. The third-order valence-corrected chi connectivity index (χ3v) is 6.37. The topological polar surface area (TPSA) is 54.0 Å². The van der Waals surface area contributed by atoms with Crippen molar-refractivity contribution in [3.63, 3.8) is 0 Å². The minimum absolute atomic E-state index is 0.310. The van der Waals surface area contributed by atoms with Crippen LogP contribution in [0.2, 0.25) is 0 Å². The molecule has 0 spiro atoms. The lowest BCUT2D eigenvalue weighted by molar-refractivity contribution is 0.231. The number of hydrogen-bond acceptors (Lipinski definition) is 5. The van der Waals surface area contributed by atoms with Crippen LogP contribution in [0.1, 0.15) is 12.8 Å². The average molecular weight is 386 g/mol. The molecule has 2 saturated heterocycles. The van der Waals surface area contributed by atoms with Gasteiger partial charge in [-0.1, -0.05) is 0 Å². The molecule has 6 rings (SSSR count). The van der Waals surface area contributed by atoms with Crippen LogP contribution in [0.4, 0.5) is 5.69 Å². The van der Waals surface area contributed by atoms with Gasteiger partial charge in [0.05, 0.1) is 5.56 Å². The predicted molar refractivity (Wildman–Crippen MR) is 113 cm³/mol. The van der Waals surface area contributed by atoms with Gasteiger partial charge in [0, 0.05) is 67.0 Å². The lowest BCUT2D eigenvalue weighted by Crippen LogP contribution is -2.50. The van der Waals surface area contributed by atoms with Crippen molar-refractivity contribution in [3.05, 3.63) is 65.4 Å². The van der Waals surface area contributed by atoms with Crippen LogP contribution in [0.15, 0.2) is 64.2 Å². The number of fused-ring (bicyclic) bond motifs is 3. The Hall–Kier alpha value is -3.12. The number of piperazine rings is 1. The van der Waals surface area contributed by atoms with Crippen LogP contribution in [-0.4, -0.2) is 46.5 Å². The Morgan fingerprint density at radius 2 is 2.03 bits per heavy atom. The summed E-state index contributed by atoms with van der Waals surface area (Å²) in [4.78, 5) is 22.0. The van der Waals surface area contributed by atoms with Crippen molar-refractivity contribution < 1.29 is 4.42 Å². The Kier molecular flexibility index (Phi) is 3.74. The summed E-state index contributed by atoms with van der Waals surface area (Å²) in [5.74, 6) is 0. The number of nitrogens with zero attached hydrogens (tertiary/aromatic N) is 4. The fraction of sp³-hybridized carbons (Fsp3) is 0.304. The van der Waals surface area contributed by atoms with Crippen molar-refractivity contribution in [3.8, 4) is 11.1 Å². The second-order valence-electron chi connectivity index (χ2n) is 8.06. The molecule has 4 aromatic rings. The van der Waals surface area contributed by atoms with E-state index in [9.17, 15) is 4.79 Å². The first-order valence-electron chi connectivity index (χ1n) is 10.2. The fourth-order valence-electron chi connectivity index (χ4n) is 4.80. The van der Waals surface area contributed by atoms with Gasteiger partial charge in [0.15, 0.2) is 0 Å². The minimum Gasteiger partial charge on any atom is -0.422 e. The van der Waals surface area contributed by atoms with Gasteiger partial charge in [-0.2, -0.15) is 0 Å². The quantitative estimate of drug-likeness (QED) is 0.494. The largest absolute Gasteiger partial charge is 0.422 e. The highest BCUT2D eigenvalue weighted by Gasteiger charge is 2.30. The van der Waals surface area contributed by atoms with Crippen molar-refractivity contribution in [1.82, 2.24) is 14.3 Å². The number of anilines is 1. The maximum atomic E-state index is 12.7. The van der Waals surface area contributed by atoms with Crippen molar-refractivity contribution in [1.29, 1.82) is 0 Å². The van der Waals surface area contributed by atoms with E-state index >= 15 is 0 Å². The minimum atomic E-state index is -0.310. The predicted octanol–water partition coefficient (Wildman–Crippen LogP) is 3.39. The number of pyridine rings is 1. The number of aromatic nitrogens is 2. The van der Waals surface area contributed by atoms with Crippen molar-refractivity contribution in [2.24, 2.45) is 0 Å². The molecule has 1 atom stereocenters. The summed E-state index contributed by atoms with van der Waals surface area (Å²) in [7, 11) is 0. The number of benzene rings is 1. The normalized spacial score (nSPS) is 19.9. The molecule has 2 aliphatic rings. The third kappa shape index (κ3) is 2.83. The first-order valence-corrected chi connectivity index (χ1v) is 10.2. The summed E-state index contributed by atoms with van der Waals surface area (Å²) < 4.78 is 7.65. The summed E-state index contributed by atoms with van der Waals surface area (Å²) in [6.45, 7) is 4.43. The molecule has 0 bridgehead atoms. The Morgan fingerprint density at radius 3 is 3.00 bits per heavy atom. The van der Waals surface area contributed by atoms with Crippen LogP contribution in [0.25, 0.3) is 27.7 Å². The van der Waals surface area contributed by atoms with E-state index in [0.29, 0.717) is 17.2 Å². The SMILES string of the molecule is O=c1oc2cc(N3CCN4CCCC4C3)ccc2cc1-c1ccc2nccn2c1. The van der Waals surface area contributed by atoms with Gasteiger partial charge < -0.3 is 13.7 Å². The van der Waals surface area contributed by atoms with Gasteiger partial charge in [-0.25, -0.2) is 9.78 Å². The van der Waals surface area contributed by atoms with Crippen LogP contribution in [0.3, 0.4) is 0 Å². The molecular formula is C23H22N4O2. The van der Waals surface area contributed by atoms with E-state index in [1.807, 2.05) is 41.1 Å². The van der Waals surface area contributed by atoms with E-state index in [1.54, 1.807) is 6.20 Å². The first-order chi connectivity index (χ1) is 14.2. The summed E-state index contributed by atoms with van der Waals surface area (Å²) >= 11 is 0. The molecule has 2 fully saturated rings. The molecule has 1 aromatic carbocycles. The highest BCUT2D eigenvalue weighted by atomic mass is 16.4. The Balaban J connectivity index is 1.36. The maximum absolute atomic E-state index is 12.7. The molecule has 3 aromatic heterocycles. The molecule has 0 amide bonds. The van der Waals surface area contributed by atoms with Gasteiger partial charge in [-0.15, -0.1) is 0 Å². The molecular weight excluding hydrogens is 364 g/mol. The molecule has 0 radical (unpaired) electrons. The second-order valence-corrected chi connectivity index (χ2v) is 8.06. The van der Waals surface area contributed by atoms with Gasteiger partial charge in [-0.05, 0) is 49.7 Å². The lowest BCUT2D eigenvalue weighted by atomic mass is 10.1. The van der Waals surface area contributed by atoms with Crippen molar-refractivity contribution in [2.45, 2.75) is 18.9 Å². The second kappa shape index (κ2) is 6.46. The molecule has 1 unspecified atom stereocenters. The third-order valence-electron chi connectivity index (χ3n) is 6.37. The highest BCUT2D eigenvalue weighted by Crippen LogP contribution is 2.29. The maximum Gasteiger partial charge on any atom is 0.344 e. The lowest BCUT2D eigenvalue weighted by Gasteiger charge is -2.38. The standard InChI is InChI=1S/C23H22N4O2/c28-23-20(17-4-6-22-24-7-9-27(22)14-17)12-16-3-5-18(13-21(16)29-23)26-11-10-25-8-1-2-19(25)15-26/h3-7,9,12-14,19H,1-2,8,10-11,15H2. The van der Waals surface area contributed by atoms with E-state index in [4.69, 9.17) is 4.42 Å². The van der Waals surface area contributed by atoms with E-state index in [-0.39, 0.29) is 5.63 Å². The Morgan fingerprint density at radius 1 is 1.07 bits per heavy atom. The highest BCUT2D eigenvalue weighted by molar-refractivity contribution is 5.84. The summed E-state index contributed by atoms with van der Waals surface area (Å²) in [5.41, 5.74) is 3.72. The molecule has 0 saturated carbocycles. The molecule has 5 heterocycles. The van der Waals surface area contributed by atoms with Gasteiger partial charge >= 0.3 is 5.63 Å². The zero-order valence-electron chi connectivity index (χ0n) is 16.1. The Labute approximate surface area is 168 Å². The number of rotatable bonds is 2. The molecule has 0 N–H and O–H groups in total. The molecule has 146 valence electrons. The Bertz CT molecular complexity index is 1270. The van der Waals surface area contributed by atoms with Crippen LogP contribution in [-0.2, 0) is 0 Å². The van der Waals surface area contributed by atoms with Gasteiger partial charge in [-0.3, -0.25) is 4.90 Å². The van der Waals surface area contributed by atoms with Crippen LogP contribution in [0.5, 0.6) is 0 Å². The molecule has 6 heteroatoms. The molecule has 6 nitrogen and oxygen atoms in total. The van der Waals surface area contributed by atoms with Crippen molar-refractivity contribution in [2.75, 3.05) is 31.1 Å². The first kappa shape index (κ1) is 16.8. The molecule has 0 aliphatic carbocycles. The summed E-state index contributed by atoms with van der Waals surface area (Å²) in [6, 6.07) is 12.6. The summed E-state index contributed by atoms with van der Waals surface area (Å²) in [6.07, 6.45) is 8.12. The van der Waals surface area contributed by atoms with E-state index in [0.717, 1.165) is 41.9 Å². The average Bonchev–Trinajstić information content (AvgIpc) is 3.40. The van der Waals surface area contributed by atoms with Crippen molar-refractivity contribution >= 4 is 22.3 Å². The van der Waals surface area contributed by atoms with Crippen LogP contribution < -0.4 is 10.5 Å². The van der Waals surface area contributed by atoms with Crippen LogP contribution in [0, 0.1) is 0 Å². The van der Waals surface area contributed by atoms with Gasteiger partial charge in [0.2, 0.25) is 0 Å². The molecule has 2 aliphatic heterocycles. The summed E-state index contributed by atoms with van der Waals surface area (Å²) in [5, 5.41) is 0.939. The van der Waals surface area contributed by atoms with Gasteiger partial charge in [0.1, 0.15) is 11.2 Å². The zero-order valence-corrected chi connectivity index (χ0v) is 16.1. The van der Waals surface area contributed by atoms with E-state index in [1.165, 1.54) is 19.4 Å². The number of imidazole rings is 1. The van der Waals surface area contributed by atoms with Crippen LogP contribution >= 0.6 is 0 Å². The fourth-order valence-corrected chi connectivity index (χ4v) is 4.80. The van der Waals surface area contributed by atoms with E-state index in [2.05, 4.69) is 26.9 Å². The monoisotopic (exact) mass is 386 g/mol. The zero-order chi connectivity index (χ0) is 19.4. The smallest absolute Gasteiger partial charge is 0.344 e. The molecule has 29 heavy (non-hydrogen) atoms. The van der Waals surface area contributed by atoms with E-state index < -0.39 is 0 Å². The van der Waals surface area contributed by atoms with Gasteiger partial charge in [0.25, 0.3) is 0 Å².